The van der Waals surface area contributed by atoms with E-state index in [1.807, 2.05) is 83.1 Å². The van der Waals surface area contributed by atoms with Gasteiger partial charge in [-0.05, 0) is 108 Å². The SMILES string of the molecule is CO[C@@]1(C[C@@H]2C[C@H]([C@@H](CC[C@@H]3C[C@H](CCOCc4ccccc4)OC(C)(C)O3)O[Si](C)(C)C(C)(C)C)OC(C)(C)O2)C[C@H](O[Si](C)(C)C(C)(C)C)[C@@H](C(=O)N2C(=O)O[C@H](c3ccccc3)[C@@H]2C)[C@H](CCO)O1. The molecule has 0 bridgehead atoms. The lowest BCUT2D eigenvalue weighted by Crippen LogP contribution is -2.62. The summed E-state index contributed by atoms with van der Waals surface area (Å²) in [4.78, 5) is 30.1. The van der Waals surface area contributed by atoms with Crippen molar-refractivity contribution < 1.29 is 61.4 Å². The molecule has 6 rings (SSSR count). The van der Waals surface area contributed by atoms with Gasteiger partial charge in [-0.25, -0.2) is 9.69 Å². The number of hydrogen-bond acceptors (Lipinski definition) is 13. The summed E-state index contributed by atoms with van der Waals surface area (Å²) >= 11 is 0. The fourth-order valence-corrected chi connectivity index (χ4v) is 13.1. The molecule has 11 atom stereocenters. The van der Waals surface area contributed by atoms with E-state index in [4.69, 9.17) is 46.7 Å². The minimum Gasteiger partial charge on any atom is -0.439 e. The number of cyclic esters (lactones) is 1. The molecule has 2 aromatic rings. The standard InChI is InChI=1S/C56H91NO13Si2/c1-38-49(40-25-21-18-22-26-40)63-51(60)57(38)50(59)48-45(29-31-58)68-56(61-12,36-47(48)70-72(15,16)53(5,6)7)35-43-34-46(67-55(10,11)66-43)44(69-71(13,14)52(2,3)4)28-27-41-33-42(65-54(8,9)64-41)30-32-62-37-39-23-19-17-20-24-39/h17-26,38,41-49,58H,27-37H2,1-16H3/t38-,41+,42-,43-,44+,45-,46+,47-,48-,49-,56+/m0/s1. The first-order chi connectivity index (χ1) is 33.5. The maximum atomic E-state index is 15.1. The molecule has 2 aromatic carbocycles. The summed E-state index contributed by atoms with van der Waals surface area (Å²) < 4.78 is 66.9. The Morgan fingerprint density at radius 3 is 1.97 bits per heavy atom. The number of amides is 2. The van der Waals surface area contributed by atoms with Crippen LogP contribution in [0.15, 0.2) is 60.7 Å². The molecular formula is C56H91NO13Si2. The molecule has 4 aliphatic rings. The Morgan fingerprint density at radius 1 is 0.792 bits per heavy atom. The third kappa shape index (κ3) is 14.7. The first-order valence-electron chi connectivity index (χ1n) is 26.6. The predicted octanol–water partition coefficient (Wildman–Crippen LogP) is 11.6. The highest BCUT2D eigenvalue weighted by Gasteiger charge is 2.58. The molecule has 14 nitrogen and oxygen atoms in total. The fraction of sp³-hybridized carbons (Fsp3) is 0.750. The Morgan fingerprint density at radius 2 is 1.38 bits per heavy atom. The first kappa shape index (κ1) is 58.7. The van der Waals surface area contributed by atoms with Crippen molar-refractivity contribution in [2.24, 2.45) is 5.92 Å². The van der Waals surface area contributed by atoms with E-state index < -0.39 is 82.4 Å². The number of rotatable bonds is 20. The highest BCUT2D eigenvalue weighted by molar-refractivity contribution is 6.74. The number of benzene rings is 2. The summed E-state index contributed by atoms with van der Waals surface area (Å²) in [6, 6.07) is 19.1. The van der Waals surface area contributed by atoms with Gasteiger partial charge < -0.3 is 51.9 Å². The molecule has 0 saturated carbocycles. The van der Waals surface area contributed by atoms with Crippen molar-refractivity contribution >= 4 is 28.6 Å². The molecule has 1 N–H and O–H groups in total. The van der Waals surface area contributed by atoms with Crippen LogP contribution in [0.1, 0.15) is 145 Å². The lowest BCUT2D eigenvalue weighted by Gasteiger charge is -2.53. The van der Waals surface area contributed by atoms with Crippen molar-refractivity contribution in [1.82, 2.24) is 4.90 Å². The van der Waals surface area contributed by atoms with E-state index in [2.05, 4.69) is 79.9 Å². The summed E-state index contributed by atoms with van der Waals surface area (Å²) in [5.74, 6) is -4.46. The number of hydrogen-bond donors (Lipinski definition) is 1. The van der Waals surface area contributed by atoms with E-state index in [9.17, 15) is 9.90 Å². The lowest BCUT2D eigenvalue weighted by atomic mass is 9.82. The Kier molecular flexibility index (Phi) is 19.0. The van der Waals surface area contributed by atoms with Crippen LogP contribution in [0.2, 0.25) is 36.3 Å². The van der Waals surface area contributed by atoms with Crippen LogP contribution in [0.5, 0.6) is 0 Å². The Labute approximate surface area is 434 Å². The van der Waals surface area contributed by atoms with Gasteiger partial charge in [-0.15, -0.1) is 0 Å². The smallest absolute Gasteiger partial charge is 0.417 e. The second kappa shape index (κ2) is 23.3. The molecule has 72 heavy (non-hydrogen) atoms. The normalized spacial score (nSPS) is 30.8. The zero-order valence-corrected chi connectivity index (χ0v) is 48.6. The van der Waals surface area contributed by atoms with Crippen LogP contribution in [0, 0.1) is 5.92 Å². The molecule has 0 aliphatic carbocycles. The number of imide groups is 1. The van der Waals surface area contributed by atoms with Crippen molar-refractivity contribution in [3.05, 3.63) is 71.8 Å². The highest BCUT2D eigenvalue weighted by Crippen LogP contribution is 2.48. The largest absolute Gasteiger partial charge is 0.439 e. The second-order valence-electron chi connectivity index (χ2n) is 24.8. The average molecular weight is 1040 g/mol. The monoisotopic (exact) mass is 1040 g/mol. The van der Waals surface area contributed by atoms with E-state index in [1.165, 1.54) is 4.90 Å². The van der Waals surface area contributed by atoms with E-state index >= 15 is 4.79 Å². The zero-order chi connectivity index (χ0) is 53.1. The predicted molar refractivity (Wildman–Crippen MR) is 282 cm³/mol. The van der Waals surface area contributed by atoms with E-state index in [-0.39, 0.29) is 60.4 Å². The van der Waals surface area contributed by atoms with Gasteiger partial charge in [-0.2, -0.15) is 0 Å². The number of ether oxygens (including phenoxy) is 8. The number of nitrogens with zero attached hydrogens (tertiary/aromatic N) is 1. The highest BCUT2D eigenvalue weighted by atomic mass is 28.4. The van der Waals surface area contributed by atoms with Crippen molar-refractivity contribution in [3.8, 4) is 0 Å². The van der Waals surface area contributed by atoms with Gasteiger partial charge in [0.1, 0.15) is 6.10 Å². The molecule has 0 spiro atoms. The lowest BCUT2D eigenvalue weighted by molar-refractivity contribution is -0.346. The molecule has 4 fully saturated rings. The minimum atomic E-state index is -2.59. The Bertz CT molecular complexity index is 2060. The van der Waals surface area contributed by atoms with Gasteiger partial charge in [0.2, 0.25) is 5.91 Å². The molecule has 4 aliphatic heterocycles. The minimum absolute atomic E-state index is 0.0228. The number of carbonyl (C=O) groups is 2. The van der Waals surface area contributed by atoms with Crippen LogP contribution in [-0.4, -0.2) is 125 Å². The van der Waals surface area contributed by atoms with E-state index in [1.54, 1.807) is 7.11 Å². The molecule has 2 amide bonds. The quantitative estimate of drug-likeness (QED) is 0.0991. The molecular weight excluding hydrogens is 951 g/mol. The molecule has 16 heteroatoms. The van der Waals surface area contributed by atoms with Gasteiger partial charge in [-0.1, -0.05) is 102 Å². The summed E-state index contributed by atoms with van der Waals surface area (Å²) in [5.41, 5.74) is 1.94. The van der Waals surface area contributed by atoms with Crippen LogP contribution in [0.4, 0.5) is 4.79 Å². The van der Waals surface area contributed by atoms with E-state index in [0.717, 1.165) is 30.4 Å². The van der Waals surface area contributed by atoms with Crippen LogP contribution in [0.3, 0.4) is 0 Å². The van der Waals surface area contributed by atoms with Gasteiger partial charge in [0.25, 0.3) is 0 Å². The topological polar surface area (TPSA) is 150 Å². The Balaban J connectivity index is 1.25. The summed E-state index contributed by atoms with van der Waals surface area (Å²) in [5, 5.41) is 10.4. The molecule has 0 radical (unpaired) electrons. The van der Waals surface area contributed by atoms with Crippen molar-refractivity contribution in [2.45, 2.75) is 243 Å². The fourth-order valence-electron chi connectivity index (χ4n) is 10.4. The maximum Gasteiger partial charge on any atom is 0.417 e. The molecule has 4 heterocycles. The zero-order valence-electron chi connectivity index (χ0n) is 46.6. The molecule has 406 valence electrons. The third-order valence-corrected chi connectivity index (χ3v) is 25.1. The third-order valence-electron chi connectivity index (χ3n) is 16.1. The van der Waals surface area contributed by atoms with Gasteiger partial charge >= 0.3 is 6.09 Å². The summed E-state index contributed by atoms with van der Waals surface area (Å²) in [6.07, 6.45) is -0.150. The van der Waals surface area contributed by atoms with Crippen molar-refractivity contribution in [1.29, 1.82) is 0 Å². The first-order valence-corrected chi connectivity index (χ1v) is 32.4. The molecule has 0 aromatic heterocycles. The molecule has 0 unspecified atom stereocenters. The van der Waals surface area contributed by atoms with Crippen molar-refractivity contribution in [3.63, 3.8) is 0 Å². The van der Waals surface area contributed by atoms with Crippen LogP contribution < -0.4 is 0 Å². The van der Waals surface area contributed by atoms with Crippen LogP contribution in [0.25, 0.3) is 0 Å². The molecule has 4 saturated heterocycles. The number of aliphatic hydroxyl groups is 1. The van der Waals surface area contributed by atoms with Crippen LogP contribution >= 0.6 is 0 Å². The summed E-state index contributed by atoms with van der Waals surface area (Å²) in [6.45, 7) is 32.7. The summed E-state index contributed by atoms with van der Waals surface area (Å²) in [7, 11) is -3.32. The van der Waals surface area contributed by atoms with Crippen molar-refractivity contribution in [2.75, 3.05) is 20.3 Å². The van der Waals surface area contributed by atoms with Gasteiger partial charge in [0.15, 0.2) is 34.0 Å². The maximum absolute atomic E-state index is 15.1. The number of carbonyl (C=O) groups excluding carboxylic acids is 2. The van der Waals surface area contributed by atoms with Gasteiger partial charge in [0, 0.05) is 46.0 Å². The number of methoxy groups -OCH3 is 1. The average Bonchev–Trinajstić information content (AvgIpc) is 3.57. The van der Waals surface area contributed by atoms with Crippen LogP contribution in [-0.2, 0) is 58.1 Å². The Hall–Kier alpha value is -2.59. The van der Waals surface area contributed by atoms with Gasteiger partial charge in [-0.3, -0.25) is 4.79 Å². The second-order valence-corrected chi connectivity index (χ2v) is 34.3. The van der Waals surface area contributed by atoms with E-state index in [0.29, 0.717) is 26.1 Å². The van der Waals surface area contributed by atoms with Gasteiger partial charge in [0.05, 0.1) is 61.3 Å². The number of aliphatic hydroxyl groups excluding tert-OH is 1.